The van der Waals surface area contributed by atoms with Crippen LogP contribution in [0.5, 0.6) is 0 Å². The number of aryl methyl sites for hydroxylation is 1. The van der Waals surface area contributed by atoms with Crippen LogP contribution in [0, 0.1) is 0 Å². The monoisotopic (exact) mass is 184 g/mol. The van der Waals surface area contributed by atoms with Crippen molar-refractivity contribution in [2.45, 2.75) is 17.7 Å². The molecule has 1 aliphatic heterocycles. The predicted molar refractivity (Wildman–Crippen MR) is 50.5 cm³/mol. The molecule has 1 aliphatic rings. The van der Waals surface area contributed by atoms with Crippen molar-refractivity contribution in [1.82, 2.24) is 0 Å². The topological polar surface area (TPSA) is 0 Å². The predicted octanol–water partition coefficient (Wildman–Crippen LogP) is 3.38. The highest BCUT2D eigenvalue weighted by Gasteiger charge is 2.08. The zero-order valence-corrected chi connectivity index (χ0v) is 7.71. The van der Waals surface area contributed by atoms with Gasteiger partial charge in [-0.3, -0.25) is 0 Å². The van der Waals surface area contributed by atoms with Gasteiger partial charge in [0.05, 0.1) is 0 Å². The molecule has 0 saturated heterocycles. The van der Waals surface area contributed by atoms with Gasteiger partial charge in [0.25, 0.3) is 0 Å². The highest BCUT2D eigenvalue weighted by molar-refractivity contribution is 7.99. The Morgan fingerprint density at radius 2 is 2.27 bits per heavy atom. The average molecular weight is 185 g/mol. The van der Waals surface area contributed by atoms with Crippen LogP contribution in [-0.4, -0.2) is 5.75 Å². The fraction of sp³-hybridized carbons (Fsp3) is 0.333. The van der Waals surface area contributed by atoms with E-state index >= 15 is 0 Å². The van der Waals surface area contributed by atoms with Crippen LogP contribution in [-0.2, 0) is 6.42 Å². The number of hydrogen-bond acceptors (Lipinski definition) is 1. The van der Waals surface area contributed by atoms with Crippen LogP contribution in [0.1, 0.15) is 12.0 Å². The molecule has 11 heavy (non-hydrogen) atoms. The van der Waals surface area contributed by atoms with Gasteiger partial charge in [0.15, 0.2) is 0 Å². The normalized spacial score (nSPS) is 16.1. The van der Waals surface area contributed by atoms with E-state index < -0.39 is 0 Å². The summed E-state index contributed by atoms with van der Waals surface area (Å²) in [6.45, 7) is 0. The summed E-state index contributed by atoms with van der Waals surface area (Å²) in [6, 6.07) is 6.19. The first-order chi connectivity index (χ1) is 5.36. The standard InChI is InChI=1S/C9H9ClS/c10-8-4-3-7-2-1-5-11-9(7)6-8/h3-4,6H,1-2,5H2. The van der Waals surface area contributed by atoms with E-state index in [1.165, 1.54) is 29.1 Å². The minimum atomic E-state index is 0.859. The number of fused-ring (bicyclic) bond motifs is 1. The highest BCUT2D eigenvalue weighted by Crippen LogP contribution is 2.31. The molecule has 58 valence electrons. The zero-order valence-electron chi connectivity index (χ0n) is 6.14. The van der Waals surface area contributed by atoms with Crippen LogP contribution in [0.25, 0.3) is 0 Å². The van der Waals surface area contributed by atoms with Gasteiger partial charge in [0, 0.05) is 9.92 Å². The molecule has 0 saturated carbocycles. The molecule has 0 nitrogen and oxygen atoms in total. The van der Waals surface area contributed by atoms with Gasteiger partial charge in [-0.25, -0.2) is 0 Å². The van der Waals surface area contributed by atoms with Crippen LogP contribution in [0.4, 0.5) is 0 Å². The molecule has 1 aromatic carbocycles. The summed E-state index contributed by atoms with van der Waals surface area (Å²) in [4.78, 5) is 1.38. The number of rotatable bonds is 0. The van der Waals surface area contributed by atoms with Crippen molar-refractivity contribution >= 4 is 23.4 Å². The van der Waals surface area contributed by atoms with Crippen molar-refractivity contribution in [3.05, 3.63) is 28.8 Å². The van der Waals surface area contributed by atoms with Crippen molar-refractivity contribution in [3.8, 4) is 0 Å². The Balaban J connectivity index is 2.43. The Hall–Kier alpha value is -0.140. The third-order valence-electron chi connectivity index (χ3n) is 1.88. The molecule has 0 aromatic heterocycles. The molecule has 2 heteroatoms. The van der Waals surface area contributed by atoms with E-state index in [0.29, 0.717) is 0 Å². The summed E-state index contributed by atoms with van der Waals surface area (Å²) in [5.41, 5.74) is 1.46. The Morgan fingerprint density at radius 3 is 3.18 bits per heavy atom. The Kier molecular flexibility index (Phi) is 2.10. The van der Waals surface area contributed by atoms with Crippen LogP contribution in [0.15, 0.2) is 23.1 Å². The molecular weight excluding hydrogens is 176 g/mol. The maximum atomic E-state index is 5.86. The maximum absolute atomic E-state index is 5.86. The van der Waals surface area contributed by atoms with Gasteiger partial charge in [-0.15, -0.1) is 11.8 Å². The van der Waals surface area contributed by atoms with Crippen molar-refractivity contribution in [3.63, 3.8) is 0 Å². The molecule has 1 aromatic rings. The summed E-state index contributed by atoms with van der Waals surface area (Å²) in [5, 5.41) is 0.859. The number of thioether (sulfide) groups is 1. The Bertz CT molecular complexity index is 270. The first-order valence-corrected chi connectivity index (χ1v) is 5.14. The molecule has 0 radical (unpaired) electrons. The largest absolute Gasteiger partial charge is 0.126 e. The van der Waals surface area contributed by atoms with Crippen LogP contribution >= 0.6 is 23.4 Å². The summed E-state index contributed by atoms with van der Waals surface area (Å²) in [6.07, 6.45) is 2.53. The van der Waals surface area contributed by atoms with Gasteiger partial charge in [-0.05, 0) is 36.3 Å². The smallest absolute Gasteiger partial charge is 0.0417 e. The average Bonchev–Trinajstić information content (AvgIpc) is 2.04. The van der Waals surface area contributed by atoms with E-state index in [4.69, 9.17) is 11.6 Å². The summed E-state index contributed by atoms with van der Waals surface area (Å²) < 4.78 is 0. The fourth-order valence-electron chi connectivity index (χ4n) is 1.31. The lowest BCUT2D eigenvalue weighted by Crippen LogP contribution is -1.97. The molecule has 0 bridgehead atoms. The van der Waals surface area contributed by atoms with Gasteiger partial charge in [0.2, 0.25) is 0 Å². The van der Waals surface area contributed by atoms with Crippen molar-refractivity contribution in [1.29, 1.82) is 0 Å². The molecular formula is C9H9ClS. The van der Waals surface area contributed by atoms with Gasteiger partial charge in [-0.1, -0.05) is 17.7 Å². The van der Waals surface area contributed by atoms with E-state index in [2.05, 4.69) is 12.1 Å². The molecule has 0 atom stereocenters. The second kappa shape index (κ2) is 3.08. The van der Waals surface area contributed by atoms with Gasteiger partial charge in [0.1, 0.15) is 0 Å². The van der Waals surface area contributed by atoms with Crippen LogP contribution in [0.2, 0.25) is 5.02 Å². The van der Waals surface area contributed by atoms with Crippen molar-refractivity contribution < 1.29 is 0 Å². The molecule has 0 aliphatic carbocycles. The zero-order chi connectivity index (χ0) is 7.68. The molecule has 0 unspecified atom stereocenters. The molecule has 1 heterocycles. The number of benzene rings is 1. The molecule has 0 N–H and O–H groups in total. The Labute approximate surface area is 75.9 Å². The Morgan fingerprint density at radius 1 is 1.36 bits per heavy atom. The number of halogens is 1. The van der Waals surface area contributed by atoms with Crippen molar-refractivity contribution in [2.24, 2.45) is 0 Å². The minimum absolute atomic E-state index is 0.859. The first-order valence-electron chi connectivity index (χ1n) is 3.77. The van der Waals surface area contributed by atoms with Crippen LogP contribution < -0.4 is 0 Å². The molecule has 2 rings (SSSR count). The van der Waals surface area contributed by atoms with Crippen LogP contribution in [0.3, 0.4) is 0 Å². The summed E-state index contributed by atoms with van der Waals surface area (Å²) >= 11 is 7.78. The van der Waals surface area contributed by atoms with E-state index in [9.17, 15) is 0 Å². The third-order valence-corrected chi connectivity index (χ3v) is 3.30. The van der Waals surface area contributed by atoms with Crippen molar-refractivity contribution in [2.75, 3.05) is 5.75 Å². The minimum Gasteiger partial charge on any atom is -0.126 e. The lowest BCUT2D eigenvalue weighted by molar-refractivity contribution is 0.890. The van der Waals surface area contributed by atoms with E-state index in [1.807, 2.05) is 17.8 Å². The second-order valence-electron chi connectivity index (χ2n) is 2.70. The first kappa shape index (κ1) is 7.51. The molecule has 0 spiro atoms. The lowest BCUT2D eigenvalue weighted by atomic mass is 10.1. The molecule has 0 fully saturated rings. The van der Waals surface area contributed by atoms with E-state index in [0.717, 1.165) is 5.02 Å². The highest BCUT2D eigenvalue weighted by atomic mass is 35.5. The van der Waals surface area contributed by atoms with Gasteiger partial charge < -0.3 is 0 Å². The van der Waals surface area contributed by atoms with E-state index in [-0.39, 0.29) is 0 Å². The summed E-state index contributed by atoms with van der Waals surface area (Å²) in [7, 11) is 0. The SMILES string of the molecule is Clc1ccc2c(c1)SCCC2. The third kappa shape index (κ3) is 1.54. The van der Waals surface area contributed by atoms with Gasteiger partial charge >= 0.3 is 0 Å². The van der Waals surface area contributed by atoms with Gasteiger partial charge in [-0.2, -0.15) is 0 Å². The maximum Gasteiger partial charge on any atom is 0.0417 e. The molecule has 0 amide bonds. The second-order valence-corrected chi connectivity index (χ2v) is 4.28. The van der Waals surface area contributed by atoms with E-state index in [1.54, 1.807) is 0 Å². The quantitative estimate of drug-likeness (QED) is 0.596. The fourth-order valence-corrected chi connectivity index (χ4v) is 2.63. The summed E-state index contributed by atoms with van der Waals surface area (Å²) in [5.74, 6) is 1.24. The number of hydrogen-bond donors (Lipinski definition) is 0. The lowest BCUT2D eigenvalue weighted by Gasteiger charge is -2.14.